The molecule has 1 saturated heterocycles. The van der Waals surface area contributed by atoms with E-state index in [1.165, 1.54) is 12.8 Å². The molecule has 0 bridgehead atoms. The van der Waals surface area contributed by atoms with E-state index in [0.717, 1.165) is 24.4 Å². The van der Waals surface area contributed by atoms with Crippen LogP contribution in [0.4, 0.5) is 0 Å². The number of nitrogens with one attached hydrogen (secondary N) is 2. The summed E-state index contributed by atoms with van der Waals surface area (Å²) >= 11 is 0. The van der Waals surface area contributed by atoms with Crippen molar-refractivity contribution in [3.63, 3.8) is 0 Å². The third-order valence-electron chi connectivity index (χ3n) is 2.49. The molecule has 1 aromatic heterocycles. The topological polar surface area (TPSA) is 60.9 Å². The summed E-state index contributed by atoms with van der Waals surface area (Å²) in [6.07, 6.45) is 3.67. The minimum absolute atomic E-state index is 0.0414. The lowest BCUT2D eigenvalue weighted by molar-refractivity contribution is 0.276. The lowest BCUT2D eigenvalue weighted by atomic mass is 10.0. The third-order valence-corrected chi connectivity index (χ3v) is 2.49. The van der Waals surface area contributed by atoms with E-state index in [4.69, 9.17) is 5.11 Å². The van der Waals surface area contributed by atoms with Crippen LogP contribution in [0.25, 0.3) is 0 Å². The standard InChI is InChI=1S/C9H15N3O/c13-6-7-5-9(12-11-7)8-3-1-2-4-10-8/h5,8,10,13H,1-4,6H2,(H,11,12)/t8-/m1/s1. The molecule has 1 atom stereocenters. The first-order chi connectivity index (χ1) is 6.40. The van der Waals surface area contributed by atoms with Crippen LogP contribution in [-0.2, 0) is 6.61 Å². The predicted molar refractivity (Wildman–Crippen MR) is 49.1 cm³/mol. The molecule has 4 nitrogen and oxygen atoms in total. The van der Waals surface area contributed by atoms with Crippen LogP contribution in [0, 0.1) is 0 Å². The lowest BCUT2D eigenvalue weighted by Gasteiger charge is -2.21. The molecule has 0 aromatic carbocycles. The average molecular weight is 181 g/mol. The zero-order valence-electron chi connectivity index (χ0n) is 7.58. The first kappa shape index (κ1) is 8.72. The lowest BCUT2D eigenvalue weighted by Crippen LogP contribution is -2.26. The summed E-state index contributed by atoms with van der Waals surface area (Å²) in [5, 5.41) is 19.2. The highest BCUT2D eigenvalue weighted by atomic mass is 16.3. The number of hydrogen-bond acceptors (Lipinski definition) is 3. The van der Waals surface area contributed by atoms with Crippen molar-refractivity contribution in [1.29, 1.82) is 0 Å². The quantitative estimate of drug-likeness (QED) is 0.630. The number of H-pyrrole nitrogens is 1. The maximum Gasteiger partial charge on any atom is 0.0847 e. The Kier molecular flexibility index (Phi) is 2.61. The first-order valence-electron chi connectivity index (χ1n) is 4.78. The number of aromatic amines is 1. The Balaban J connectivity index is 2.05. The van der Waals surface area contributed by atoms with Crippen LogP contribution >= 0.6 is 0 Å². The highest BCUT2D eigenvalue weighted by Crippen LogP contribution is 2.21. The normalized spacial score (nSPS) is 23.3. The summed E-state index contributed by atoms with van der Waals surface area (Å²) in [6.45, 7) is 1.12. The maximum atomic E-state index is 8.86. The number of piperidine rings is 1. The van der Waals surface area contributed by atoms with Crippen LogP contribution in [-0.4, -0.2) is 21.8 Å². The molecular formula is C9H15N3O. The predicted octanol–water partition coefficient (Wildman–Crippen LogP) is 0.717. The fourth-order valence-electron chi connectivity index (χ4n) is 1.74. The van der Waals surface area contributed by atoms with Crippen LogP contribution in [0.2, 0.25) is 0 Å². The molecule has 13 heavy (non-hydrogen) atoms. The van der Waals surface area contributed by atoms with Gasteiger partial charge in [0.05, 0.1) is 24.0 Å². The van der Waals surface area contributed by atoms with Gasteiger partial charge in [0.15, 0.2) is 0 Å². The van der Waals surface area contributed by atoms with E-state index in [-0.39, 0.29) is 6.61 Å². The fraction of sp³-hybridized carbons (Fsp3) is 0.667. The van der Waals surface area contributed by atoms with Gasteiger partial charge in [-0.1, -0.05) is 6.42 Å². The van der Waals surface area contributed by atoms with E-state index in [1.54, 1.807) is 0 Å². The van der Waals surface area contributed by atoms with Crippen LogP contribution in [0.3, 0.4) is 0 Å². The van der Waals surface area contributed by atoms with Crippen LogP contribution < -0.4 is 5.32 Å². The van der Waals surface area contributed by atoms with Gasteiger partial charge in [0.2, 0.25) is 0 Å². The molecule has 4 heteroatoms. The Hall–Kier alpha value is -0.870. The molecule has 0 saturated carbocycles. The number of aliphatic hydroxyl groups excluding tert-OH is 1. The van der Waals surface area contributed by atoms with Crippen LogP contribution in [0.15, 0.2) is 6.07 Å². The van der Waals surface area contributed by atoms with Gasteiger partial charge in [0, 0.05) is 0 Å². The SMILES string of the molecule is OCc1cc([C@H]2CCCCN2)n[nH]1. The third kappa shape index (κ3) is 1.89. The zero-order chi connectivity index (χ0) is 9.10. The van der Waals surface area contributed by atoms with E-state index in [2.05, 4.69) is 15.5 Å². The van der Waals surface area contributed by atoms with Crippen molar-refractivity contribution >= 4 is 0 Å². The fourth-order valence-corrected chi connectivity index (χ4v) is 1.74. The van der Waals surface area contributed by atoms with Gasteiger partial charge in [-0.05, 0) is 25.5 Å². The summed E-state index contributed by atoms with van der Waals surface area (Å²) < 4.78 is 0. The van der Waals surface area contributed by atoms with E-state index < -0.39 is 0 Å². The van der Waals surface area contributed by atoms with Gasteiger partial charge >= 0.3 is 0 Å². The Bertz CT molecular complexity index is 266. The molecule has 0 radical (unpaired) electrons. The summed E-state index contributed by atoms with van der Waals surface area (Å²) in [6, 6.07) is 2.31. The van der Waals surface area contributed by atoms with Gasteiger partial charge in [0.1, 0.15) is 0 Å². The number of aromatic nitrogens is 2. The summed E-state index contributed by atoms with van der Waals surface area (Å²) in [5.74, 6) is 0. The molecule has 3 N–H and O–H groups in total. The van der Waals surface area contributed by atoms with Crippen molar-refractivity contribution in [2.24, 2.45) is 0 Å². The van der Waals surface area contributed by atoms with E-state index >= 15 is 0 Å². The molecule has 0 unspecified atom stereocenters. The second-order valence-corrected chi connectivity index (χ2v) is 3.48. The summed E-state index contributed by atoms with van der Waals surface area (Å²) in [4.78, 5) is 0. The second kappa shape index (κ2) is 3.89. The highest BCUT2D eigenvalue weighted by molar-refractivity contribution is 5.12. The van der Waals surface area contributed by atoms with Crippen molar-refractivity contribution in [3.05, 3.63) is 17.5 Å². The number of rotatable bonds is 2. The van der Waals surface area contributed by atoms with Crippen molar-refractivity contribution < 1.29 is 5.11 Å². The molecule has 1 fully saturated rings. The Labute approximate surface area is 77.4 Å². The van der Waals surface area contributed by atoms with Crippen molar-refractivity contribution in [2.45, 2.75) is 31.9 Å². The zero-order valence-corrected chi connectivity index (χ0v) is 7.58. The monoisotopic (exact) mass is 181 g/mol. The first-order valence-corrected chi connectivity index (χ1v) is 4.78. The molecule has 1 aliphatic rings. The summed E-state index contributed by atoms with van der Waals surface area (Å²) in [7, 11) is 0. The van der Waals surface area contributed by atoms with Crippen LogP contribution in [0.5, 0.6) is 0 Å². The molecule has 1 aliphatic heterocycles. The Morgan fingerprint density at radius 1 is 1.54 bits per heavy atom. The van der Waals surface area contributed by atoms with Crippen molar-refractivity contribution in [3.8, 4) is 0 Å². The second-order valence-electron chi connectivity index (χ2n) is 3.48. The minimum atomic E-state index is 0.0414. The van der Waals surface area contributed by atoms with E-state index in [9.17, 15) is 0 Å². The largest absolute Gasteiger partial charge is 0.390 e. The van der Waals surface area contributed by atoms with Gasteiger partial charge in [-0.15, -0.1) is 0 Å². The molecule has 1 aromatic rings. The van der Waals surface area contributed by atoms with Gasteiger partial charge in [-0.2, -0.15) is 5.10 Å². The van der Waals surface area contributed by atoms with Crippen LogP contribution in [0.1, 0.15) is 36.7 Å². The van der Waals surface area contributed by atoms with Gasteiger partial charge in [-0.3, -0.25) is 5.10 Å². The summed E-state index contributed by atoms with van der Waals surface area (Å²) in [5.41, 5.74) is 1.83. The molecule has 0 amide bonds. The number of nitrogens with zero attached hydrogens (tertiary/aromatic N) is 1. The molecule has 72 valence electrons. The smallest absolute Gasteiger partial charge is 0.0847 e. The average Bonchev–Trinajstić information content (AvgIpc) is 2.67. The minimum Gasteiger partial charge on any atom is -0.390 e. The molecule has 2 rings (SSSR count). The van der Waals surface area contributed by atoms with Gasteiger partial charge < -0.3 is 10.4 Å². The van der Waals surface area contributed by atoms with E-state index in [1.807, 2.05) is 6.07 Å². The number of aliphatic hydroxyl groups is 1. The molecule has 0 aliphatic carbocycles. The van der Waals surface area contributed by atoms with Gasteiger partial charge in [-0.25, -0.2) is 0 Å². The molecule has 2 heterocycles. The molecule has 0 spiro atoms. The highest BCUT2D eigenvalue weighted by Gasteiger charge is 2.16. The Morgan fingerprint density at radius 3 is 3.08 bits per heavy atom. The van der Waals surface area contributed by atoms with Gasteiger partial charge in [0.25, 0.3) is 0 Å². The van der Waals surface area contributed by atoms with Crippen molar-refractivity contribution in [2.75, 3.05) is 6.54 Å². The van der Waals surface area contributed by atoms with E-state index in [0.29, 0.717) is 6.04 Å². The molecular weight excluding hydrogens is 166 g/mol. The maximum absolute atomic E-state index is 8.86. The van der Waals surface area contributed by atoms with Crippen molar-refractivity contribution in [1.82, 2.24) is 15.5 Å². The number of hydrogen-bond donors (Lipinski definition) is 3. The Morgan fingerprint density at radius 2 is 2.46 bits per heavy atom.